The molecule has 294 valence electrons. The molecule has 51 heavy (non-hydrogen) atoms. The molecule has 3 unspecified atom stereocenters. The van der Waals surface area contributed by atoms with Crippen molar-refractivity contribution in [1.29, 1.82) is 0 Å². The Morgan fingerprint density at radius 2 is 1.22 bits per heavy atom. The number of carbonyl (C=O) groups excluding carboxylic acids is 2. The molecule has 0 radical (unpaired) electrons. The third-order valence-electron chi connectivity index (χ3n) is 10.5. The Morgan fingerprint density at radius 3 is 1.80 bits per heavy atom. The van der Waals surface area contributed by atoms with Gasteiger partial charge < -0.3 is 14.2 Å². The van der Waals surface area contributed by atoms with Crippen LogP contribution in [0.3, 0.4) is 0 Å². The molecule has 3 atom stereocenters. The Kier molecular flexibility index (Phi) is 32.2. The minimum absolute atomic E-state index is 0.0137. The number of allylic oxidation sites excluding steroid dienone is 1. The largest absolute Gasteiger partial charge is 0.466 e. The van der Waals surface area contributed by atoms with Crippen LogP contribution < -0.4 is 0 Å². The molecule has 0 aliphatic carbocycles. The van der Waals surface area contributed by atoms with Crippen LogP contribution in [0.4, 0.5) is 0 Å². The normalized spacial score (nSPS) is 14.9. The van der Waals surface area contributed by atoms with Gasteiger partial charge in [-0.15, -0.1) is 0 Å². The highest BCUT2D eigenvalue weighted by molar-refractivity contribution is 5.69. The van der Waals surface area contributed by atoms with E-state index in [4.69, 9.17) is 14.2 Å². The van der Waals surface area contributed by atoms with Crippen molar-refractivity contribution in [2.75, 3.05) is 46.1 Å². The second-order valence-corrected chi connectivity index (χ2v) is 15.2. The maximum atomic E-state index is 12.3. The van der Waals surface area contributed by atoms with Gasteiger partial charge in [-0.1, -0.05) is 141 Å². The van der Waals surface area contributed by atoms with E-state index in [1.165, 1.54) is 109 Å². The highest BCUT2D eigenvalue weighted by Crippen LogP contribution is 2.23. The number of morpholine rings is 1. The van der Waals surface area contributed by atoms with Crippen LogP contribution in [0.15, 0.2) is 29.8 Å². The average Bonchev–Trinajstić information content (AvgIpc) is 3.13. The van der Waals surface area contributed by atoms with Crippen molar-refractivity contribution in [3.05, 3.63) is 29.8 Å². The zero-order chi connectivity index (χ0) is 37.0. The maximum absolute atomic E-state index is 12.3. The van der Waals surface area contributed by atoms with Gasteiger partial charge in [-0.3, -0.25) is 14.5 Å². The van der Waals surface area contributed by atoms with Gasteiger partial charge in [0.05, 0.1) is 26.4 Å². The van der Waals surface area contributed by atoms with Gasteiger partial charge in [0.2, 0.25) is 0 Å². The quantitative estimate of drug-likeness (QED) is 0.0376. The molecule has 1 aliphatic rings. The predicted octanol–water partition coefficient (Wildman–Crippen LogP) is 11.7. The van der Waals surface area contributed by atoms with Gasteiger partial charge in [0.15, 0.2) is 0 Å². The number of hydrogen-bond acceptors (Lipinski definition) is 6. The number of ether oxygens (including phenoxy) is 3. The van der Waals surface area contributed by atoms with E-state index in [-0.39, 0.29) is 11.9 Å². The first-order valence-electron chi connectivity index (χ1n) is 21.5. The lowest BCUT2D eigenvalue weighted by Gasteiger charge is -2.28. The molecule has 6 heteroatoms. The van der Waals surface area contributed by atoms with Crippen molar-refractivity contribution < 1.29 is 23.8 Å². The lowest BCUT2D eigenvalue weighted by Crippen LogP contribution is -2.37. The summed E-state index contributed by atoms with van der Waals surface area (Å²) in [5.74, 6) is 1.71. The Morgan fingerprint density at radius 1 is 0.686 bits per heavy atom. The number of rotatable bonds is 34. The van der Waals surface area contributed by atoms with E-state index in [0.717, 1.165) is 77.2 Å². The van der Waals surface area contributed by atoms with E-state index in [1.54, 1.807) is 0 Å². The maximum Gasteiger partial charge on any atom is 0.305 e. The highest BCUT2D eigenvalue weighted by atomic mass is 16.5. The molecule has 1 heterocycles. The van der Waals surface area contributed by atoms with Crippen LogP contribution in [0, 0.1) is 17.8 Å². The molecule has 1 fully saturated rings. The standard InChI is InChI=1S/C45H79NO5/c1-5-8-17-24-41(4)32-37-50-44(47)29-22-15-11-13-20-27-42(31-34-46-35-39-49-40-36-46)28-21-14-12-16-23-30-45(48)51-38-33-43(25-18-9-6-2)26-19-10-7-3/h25,41-43H,2,5,7-8,10-17,19-24,26-40H2,1,3-4H3. The fraction of sp³-hybridized carbons (Fsp3) is 0.844. The first kappa shape index (κ1) is 47.0. The summed E-state index contributed by atoms with van der Waals surface area (Å²) < 4.78 is 16.6. The number of unbranched alkanes of at least 4 members (excludes halogenated alkanes) is 12. The molecule has 1 saturated heterocycles. The summed E-state index contributed by atoms with van der Waals surface area (Å²) in [7, 11) is 0. The minimum Gasteiger partial charge on any atom is -0.466 e. The number of carbonyl (C=O) groups is 2. The first-order valence-corrected chi connectivity index (χ1v) is 21.5. The van der Waals surface area contributed by atoms with Crippen molar-refractivity contribution in [3.8, 4) is 0 Å². The lowest BCUT2D eigenvalue weighted by atomic mass is 9.91. The van der Waals surface area contributed by atoms with E-state index >= 15 is 0 Å². The summed E-state index contributed by atoms with van der Waals surface area (Å²) >= 11 is 0. The summed E-state index contributed by atoms with van der Waals surface area (Å²) in [5.41, 5.74) is 8.41. The molecule has 0 aromatic carbocycles. The topological polar surface area (TPSA) is 65.1 Å². The third kappa shape index (κ3) is 30.1. The molecule has 6 nitrogen and oxygen atoms in total. The van der Waals surface area contributed by atoms with E-state index in [0.29, 0.717) is 37.9 Å². The molecule has 0 saturated carbocycles. The van der Waals surface area contributed by atoms with Crippen LogP contribution in [0.2, 0.25) is 0 Å². The van der Waals surface area contributed by atoms with Crippen molar-refractivity contribution >= 4 is 11.9 Å². The number of esters is 2. The summed E-state index contributed by atoms with van der Waals surface area (Å²) in [5, 5.41) is 0. The number of nitrogens with zero attached hydrogens (tertiary/aromatic N) is 1. The SMILES string of the molecule is C=C=C=C=CC(CCCCC)CCOC(=O)CCCCCCCC(CCCCCCCC(=O)OCCC(C)CCCCC)CCN1CCOCC1. The van der Waals surface area contributed by atoms with Gasteiger partial charge in [-0.05, 0) is 81.2 Å². The van der Waals surface area contributed by atoms with Crippen LogP contribution in [-0.4, -0.2) is 62.9 Å². The van der Waals surface area contributed by atoms with Crippen LogP contribution >= 0.6 is 0 Å². The predicted molar refractivity (Wildman–Crippen MR) is 213 cm³/mol. The van der Waals surface area contributed by atoms with E-state index in [9.17, 15) is 9.59 Å². The second-order valence-electron chi connectivity index (χ2n) is 15.2. The monoisotopic (exact) mass is 714 g/mol. The zero-order valence-corrected chi connectivity index (χ0v) is 33.6. The fourth-order valence-corrected chi connectivity index (χ4v) is 7.00. The van der Waals surface area contributed by atoms with Crippen molar-refractivity contribution in [2.45, 2.75) is 181 Å². The van der Waals surface area contributed by atoms with Crippen LogP contribution in [-0.2, 0) is 23.8 Å². The molecule has 0 aromatic heterocycles. The van der Waals surface area contributed by atoms with E-state index in [2.05, 4.69) is 49.4 Å². The summed E-state index contributed by atoms with van der Waals surface area (Å²) in [6.07, 6.45) is 30.2. The Labute approximate surface area is 314 Å². The molecular weight excluding hydrogens is 634 g/mol. The van der Waals surface area contributed by atoms with Gasteiger partial charge in [0.25, 0.3) is 0 Å². The van der Waals surface area contributed by atoms with Gasteiger partial charge in [-0.25, -0.2) is 0 Å². The van der Waals surface area contributed by atoms with Crippen molar-refractivity contribution in [3.63, 3.8) is 0 Å². The smallest absolute Gasteiger partial charge is 0.305 e. The molecular formula is C45H79NO5. The third-order valence-corrected chi connectivity index (χ3v) is 10.5. The van der Waals surface area contributed by atoms with Gasteiger partial charge in [0.1, 0.15) is 0 Å². The lowest BCUT2D eigenvalue weighted by molar-refractivity contribution is -0.145. The molecule has 0 aromatic rings. The van der Waals surface area contributed by atoms with Crippen LogP contribution in [0.5, 0.6) is 0 Å². The summed E-state index contributed by atoms with van der Waals surface area (Å²) in [6.45, 7) is 16.4. The molecule has 0 amide bonds. The van der Waals surface area contributed by atoms with Gasteiger partial charge in [-0.2, -0.15) is 0 Å². The molecule has 0 N–H and O–H groups in total. The molecule has 1 rings (SSSR count). The Bertz CT molecular complexity index is 956. The Hall–Kier alpha value is -2.06. The average molecular weight is 714 g/mol. The summed E-state index contributed by atoms with van der Waals surface area (Å²) in [6, 6.07) is 0. The van der Waals surface area contributed by atoms with Crippen molar-refractivity contribution in [1.82, 2.24) is 4.90 Å². The van der Waals surface area contributed by atoms with Crippen LogP contribution in [0.1, 0.15) is 181 Å². The minimum atomic E-state index is -0.0610. The Balaban J connectivity index is 2.20. The van der Waals surface area contributed by atoms with E-state index in [1.807, 2.05) is 6.08 Å². The first-order chi connectivity index (χ1) is 25.0. The molecule has 0 bridgehead atoms. The van der Waals surface area contributed by atoms with Crippen LogP contribution in [0.25, 0.3) is 0 Å². The van der Waals surface area contributed by atoms with Crippen molar-refractivity contribution in [2.24, 2.45) is 17.8 Å². The van der Waals surface area contributed by atoms with Gasteiger partial charge in [0, 0.05) is 25.9 Å². The number of hydrogen-bond donors (Lipinski definition) is 0. The van der Waals surface area contributed by atoms with Gasteiger partial charge >= 0.3 is 11.9 Å². The highest BCUT2D eigenvalue weighted by Gasteiger charge is 2.15. The molecule has 0 spiro atoms. The fourth-order valence-electron chi connectivity index (χ4n) is 7.00. The second kappa shape index (κ2) is 35.0. The molecule has 1 aliphatic heterocycles. The summed E-state index contributed by atoms with van der Waals surface area (Å²) in [4.78, 5) is 27.0. The zero-order valence-electron chi connectivity index (χ0n) is 33.6. The van der Waals surface area contributed by atoms with E-state index < -0.39 is 0 Å².